The molecule has 1 unspecified atom stereocenters. The van der Waals surface area contributed by atoms with Gasteiger partial charge < -0.3 is 5.11 Å². The standard InChI is InChI=1S/C25H41NO3/c1-24-15-13-22-20(10-8-18-16-19(27)12-14-25(18,22)2)21(24)11-9-17(24)6-5-7-23(28)26(3)29-4/h8,17,19-22,27H,5-7,9-16H2,1-4H3/t17-,19-,20-,21-,22-,24+,25?/m0/s1. The van der Waals surface area contributed by atoms with Crippen LogP contribution in [0.2, 0.25) is 0 Å². The maximum atomic E-state index is 12.1. The number of carbonyl (C=O) groups is 1. The van der Waals surface area contributed by atoms with E-state index in [1.807, 2.05) is 0 Å². The fourth-order valence-electron chi connectivity index (χ4n) is 7.98. The summed E-state index contributed by atoms with van der Waals surface area (Å²) in [4.78, 5) is 17.1. The molecular formula is C25H41NO3. The zero-order valence-electron chi connectivity index (χ0n) is 19.0. The van der Waals surface area contributed by atoms with Crippen LogP contribution in [0.1, 0.15) is 84.5 Å². The second kappa shape index (κ2) is 8.00. The lowest BCUT2D eigenvalue weighted by Gasteiger charge is -2.58. The molecule has 4 heteroatoms. The molecule has 4 rings (SSSR count). The quantitative estimate of drug-likeness (QED) is 0.512. The lowest BCUT2D eigenvalue weighted by molar-refractivity contribution is -0.168. The molecule has 0 saturated heterocycles. The molecule has 0 bridgehead atoms. The molecule has 4 aliphatic carbocycles. The molecule has 29 heavy (non-hydrogen) atoms. The van der Waals surface area contributed by atoms with E-state index in [1.54, 1.807) is 19.7 Å². The smallest absolute Gasteiger partial charge is 0.245 e. The summed E-state index contributed by atoms with van der Waals surface area (Å²) in [7, 11) is 3.25. The number of fused-ring (bicyclic) bond motifs is 5. The van der Waals surface area contributed by atoms with Crippen LogP contribution in [0.4, 0.5) is 0 Å². The van der Waals surface area contributed by atoms with Crippen molar-refractivity contribution in [3.05, 3.63) is 11.6 Å². The Balaban J connectivity index is 1.43. The molecule has 3 fully saturated rings. The molecular weight excluding hydrogens is 362 g/mol. The third-order valence-corrected chi connectivity index (χ3v) is 9.84. The molecule has 0 aromatic carbocycles. The lowest BCUT2D eigenvalue weighted by Crippen LogP contribution is -2.50. The number of aliphatic hydroxyl groups excluding tert-OH is 1. The molecule has 1 N–H and O–H groups in total. The number of nitrogens with zero attached hydrogens (tertiary/aromatic N) is 1. The predicted octanol–water partition coefficient (Wildman–Crippen LogP) is 5.12. The first-order chi connectivity index (χ1) is 13.8. The van der Waals surface area contributed by atoms with Gasteiger partial charge in [0, 0.05) is 13.5 Å². The van der Waals surface area contributed by atoms with Crippen LogP contribution < -0.4 is 0 Å². The summed E-state index contributed by atoms with van der Waals surface area (Å²) in [6.45, 7) is 5.08. The second-order valence-electron chi connectivity index (χ2n) is 10.9. The third-order valence-electron chi connectivity index (χ3n) is 9.84. The molecule has 0 heterocycles. The maximum absolute atomic E-state index is 12.1. The molecule has 4 aliphatic rings. The van der Waals surface area contributed by atoms with E-state index in [1.165, 1.54) is 50.0 Å². The first-order valence-corrected chi connectivity index (χ1v) is 12.0. The van der Waals surface area contributed by atoms with Crippen molar-refractivity contribution in [3.63, 3.8) is 0 Å². The van der Waals surface area contributed by atoms with Crippen LogP contribution in [0.15, 0.2) is 11.6 Å². The van der Waals surface area contributed by atoms with Crippen LogP contribution in [-0.4, -0.2) is 36.3 Å². The van der Waals surface area contributed by atoms with Gasteiger partial charge in [-0.3, -0.25) is 9.63 Å². The number of hydroxylamine groups is 2. The second-order valence-corrected chi connectivity index (χ2v) is 10.9. The number of rotatable bonds is 5. The van der Waals surface area contributed by atoms with Crippen molar-refractivity contribution >= 4 is 5.91 Å². The van der Waals surface area contributed by atoms with E-state index in [0.717, 1.165) is 42.9 Å². The number of allylic oxidation sites excluding steroid dienone is 1. The van der Waals surface area contributed by atoms with Gasteiger partial charge in [-0.25, -0.2) is 5.06 Å². The van der Waals surface area contributed by atoms with Crippen LogP contribution >= 0.6 is 0 Å². The van der Waals surface area contributed by atoms with E-state index in [4.69, 9.17) is 4.84 Å². The highest BCUT2D eigenvalue weighted by Crippen LogP contribution is 2.66. The van der Waals surface area contributed by atoms with Gasteiger partial charge in [-0.1, -0.05) is 25.5 Å². The molecule has 164 valence electrons. The van der Waals surface area contributed by atoms with Crippen molar-refractivity contribution in [2.75, 3.05) is 14.2 Å². The average Bonchev–Trinajstić information content (AvgIpc) is 3.04. The monoisotopic (exact) mass is 403 g/mol. The van der Waals surface area contributed by atoms with E-state index in [9.17, 15) is 9.90 Å². The number of hydrogen-bond donors (Lipinski definition) is 1. The summed E-state index contributed by atoms with van der Waals surface area (Å²) in [5.74, 6) is 3.33. The molecule has 0 aromatic rings. The molecule has 1 amide bonds. The van der Waals surface area contributed by atoms with Gasteiger partial charge in [-0.15, -0.1) is 0 Å². The minimum atomic E-state index is -0.115. The maximum Gasteiger partial charge on any atom is 0.245 e. The zero-order chi connectivity index (χ0) is 20.8. The van der Waals surface area contributed by atoms with Crippen molar-refractivity contribution in [1.82, 2.24) is 5.06 Å². The highest BCUT2D eigenvalue weighted by atomic mass is 16.7. The fourth-order valence-corrected chi connectivity index (χ4v) is 7.98. The van der Waals surface area contributed by atoms with E-state index in [-0.39, 0.29) is 12.0 Å². The van der Waals surface area contributed by atoms with Crippen LogP contribution in [0.5, 0.6) is 0 Å². The van der Waals surface area contributed by atoms with Crippen molar-refractivity contribution in [3.8, 4) is 0 Å². The minimum absolute atomic E-state index is 0.0910. The summed E-state index contributed by atoms with van der Waals surface area (Å²) in [6.07, 6.45) is 14.9. The first-order valence-electron chi connectivity index (χ1n) is 12.0. The summed E-state index contributed by atoms with van der Waals surface area (Å²) < 4.78 is 0. The highest BCUT2D eigenvalue weighted by Gasteiger charge is 2.58. The Kier molecular flexibility index (Phi) is 5.89. The molecule has 0 aliphatic heterocycles. The molecule has 3 saturated carbocycles. The van der Waals surface area contributed by atoms with E-state index >= 15 is 0 Å². The van der Waals surface area contributed by atoms with Gasteiger partial charge in [-0.05, 0) is 98.7 Å². The highest BCUT2D eigenvalue weighted by molar-refractivity contribution is 5.74. The average molecular weight is 404 g/mol. The van der Waals surface area contributed by atoms with Gasteiger partial charge in [0.15, 0.2) is 0 Å². The molecule has 7 atom stereocenters. The fraction of sp³-hybridized carbons (Fsp3) is 0.880. The van der Waals surface area contributed by atoms with Crippen molar-refractivity contribution in [2.24, 2.45) is 34.5 Å². The predicted molar refractivity (Wildman–Crippen MR) is 115 cm³/mol. The molecule has 0 radical (unpaired) electrons. The van der Waals surface area contributed by atoms with Crippen molar-refractivity contribution in [2.45, 2.75) is 90.6 Å². The van der Waals surface area contributed by atoms with Gasteiger partial charge >= 0.3 is 0 Å². The van der Waals surface area contributed by atoms with Gasteiger partial charge in [0.1, 0.15) is 0 Å². The minimum Gasteiger partial charge on any atom is -0.393 e. The first kappa shape index (κ1) is 21.4. The number of hydrogen-bond acceptors (Lipinski definition) is 3. The van der Waals surface area contributed by atoms with Crippen molar-refractivity contribution < 1.29 is 14.7 Å². The summed E-state index contributed by atoms with van der Waals surface area (Å²) >= 11 is 0. The van der Waals surface area contributed by atoms with Crippen LogP contribution in [-0.2, 0) is 9.63 Å². The zero-order valence-corrected chi connectivity index (χ0v) is 19.0. The molecule has 4 nitrogen and oxygen atoms in total. The van der Waals surface area contributed by atoms with Crippen molar-refractivity contribution in [1.29, 1.82) is 0 Å². The van der Waals surface area contributed by atoms with Gasteiger partial charge in [0.05, 0.1) is 13.2 Å². The topological polar surface area (TPSA) is 49.8 Å². The number of aliphatic hydroxyl groups is 1. The Bertz CT molecular complexity index is 660. The van der Waals surface area contributed by atoms with Crippen LogP contribution in [0.25, 0.3) is 0 Å². The molecule has 0 aromatic heterocycles. The van der Waals surface area contributed by atoms with Crippen LogP contribution in [0.3, 0.4) is 0 Å². The SMILES string of the molecule is CON(C)C(=O)CCC[C@H]1CC[C@H]2[C@@H]3CC=C4C[C@@H](O)CCC4(C)[C@H]3CC[C@]12C. The normalized spacial score (nSPS) is 43.8. The van der Waals surface area contributed by atoms with Gasteiger partial charge in [0.25, 0.3) is 0 Å². The lowest BCUT2D eigenvalue weighted by atomic mass is 9.47. The van der Waals surface area contributed by atoms with Gasteiger partial charge in [-0.2, -0.15) is 0 Å². The Morgan fingerprint density at radius 2 is 2.00 bits per heavy atom. The Hall–Kier alpha value is -0.870. The molecule has 0 spiro atoms. The van der Waals surface area contributed by atoms with Crippen LogP contribution in [0, 0.1) is 34.5 Å². The Labute approximate surface area is 177 Å². The third kappa shape index (κ3) is 3.59. The van der Waals surface area contributed by atoms with Gasteiger partial charge in [0.2, 0.25) is 5.91 Å². The van der Waals surface area contributed by atoms with E-state index < -0.39 is 0 Å². The summed E-state index contributed by atoms with van der Waals surface area (Å²) in [6, 6.07) is 0. The van der Waals surface area contributed by atoms with E-state index in [0.29, 0.717) is 17.3 Å². The largest absolute Gasteiger partial charge is 0.393 e. The summed E-state index contributed by atoms with van der Waals surface area (Å²) in [5, 5.41) is 11.5. The van der Waals surface area contributed by atoms with E-state index in [2.05, 4.69) is 19.9 Å². The summed E-state index contributed by atoms with van der Waals surface area (Å²) in [5.41, 5.74) is 2.35. The number of carbonyl (C=O) groups excluding carboxylic acids is 1. The Morgan fingerprint density at radius 3 is 2.76 bits per heavy atom. The number of amides is 1. The Morgan fingerprint density at radius 1 is 1.21 bits per heavy atom.